The third kappa shape index (κ3) is 7.58. The number of aromatic nitrogens is 6. The number of hydrogen-bond donors (Lipinski definition) is 3. The molecule has 3 N–H and O–H groups in total. The number of imidazole rings is 1. The molecule has 1 aromatic carbocycles. The fraction of sp³-hybridized carbons (Fsp3) is 0.605. The largest absolute Gasteiger partial charge is 0.393 e. The molecular weight excluding hydrogens is 867 g/mol. The van der Waals surface area contributed by atoms with E-state index in [2.05, 4.69) is 20.7 Å². The zero-order valence-electron chi connectivity index (χ0n) is 36.4. The van der Waals surface area contributed by atoms with Crippen molar-refractivity contribution in [2.75, 3.05) is 54.9 Å². The Bertz CT molecular complexity index is 2730. The topological polar surface area (TPSA) is 213 Å². The fourth-order valence-corrected chi connectivity index (χ4v) is 12.2. The molecule has 10 rings (SSSR count). The summed E-state index contributed by atoms with van der Waals surface area (Å²) in [5, 5.41) is 20.3. The number of hydrogen-bond acceptors (Lipinski definition) is 13. The summed E-state index contributed by atoms with van der Waals surface area (Å²) in [6.07, 6.45) is 8.85. The number of aryl methyl sites for hydroxylation is 1. The summed E-state index contributed by atoms with van der Waals surface area (Å²) < 4.78 is 64.9. The molecule has 348 valence electrons. The molecule has 7 heterocycles. The van der Waals surface area contributed by atoms with E-state index in [1.165, 1.54) is 39.1 Å². The maximum Gasteiger partial charge on any atom is 0.329 e. The van der Waals surface area contributed by atoms with Gasteiger partial charge < -0.3 is 15.3 Å². The minimum Gasteiger partial charge on any atom is -0.393 e. The summed E-state index contributed by atoms with van der Waals surface area (Å²) in [5.74, 6) is -0.661. The predicted molar refractivity (Wildman–Crippen MR) is 233 cm³/mol. The van der Waals surface area contributed by atoms with E-state index >= 15 is 8.78 Å². The van der Waals surface area contributed by atoms with Gasteiger partial charge in [0.1, 0.15) is 28.4 Å². The van der Waals surface area contributed by atoms with Crippen LogP contribution in [0.4, 0.5) is 26.2 Å². The summed E-state index contributed by atoms with van der Waals surface area (Å²) in [6, 6.07) is 1.42. The number of fused-ring (bicyclic) bond motifs is 3. The number of halogens is 2. The second kappa shape index (κ2) is 16.5. The van der Waals surface area contributed by atoms with Crippen molar-refractivity contribution in [3.05, 3.63) is 52.6 Å². The van der Waals surface area contributed by atoms with Gasteiger partial charge in [-0.05, 0) is 83.4 Å². The zero-order valence-corrected chi connectivity index (χ0v) is 37.2. The number of imide groups is 1. The number of aliphatic hydroxyl groups is 1. The molecule has 65 heavy (non-hydrogen) atoms. The first-order valence-corrected chi connectivity index (χ1v) is 24.1. The van der Waals surface area contributed by atoms with Crippen molar-refractivity contribution >= 4 is 56.2 Å². The zero-order chi connectivity index (χ0) is 45.5. The van der Waals surface area contributed by atoms with E-state index in [1.807, 2.05) is 4.90 Å². The highest BCUT2D eigenvalue weighted by atomic mass is 32.2. The van der Waals surface area contributed by atoms with Crippen LogP contribution in [0.3, 0.4) is 0 Å². The molecule has 2 unspecified atom stereocenters. The SMILES string of the molecule is CN(CCn1cc(S(=O)(=O)N2CCC(Nc3ncc4c(n3)N(C3CCC[C@@H](O)C3)C(=O)C43CC3)CC2)cn1)[C@@H]1CCN(c2ccc3c(c2F)n(C)c(=O)n3C2CCC(=O)NC2=O)C[C@H]1F. The molecule has 4 aromatic rings. The standard InChI is InChI=1S/C43H54F2N12O7S/c1-51(31-12-15-53(24-30(31)44)32-6-7-33-37(36(32)45)52(2)42(62)57(33)34-8-9-35(59)49-39(34)60)18-19-54-23-28(21-47-54)65(63,64)55-16-10-25(11-17-55)48-41-46-22-29-38(50-41)56(40(61)43(29)13-14-43)26-4-3-5-27(58)20-26/h6-7,21-23,25-27,30-31,34,58H,3-5,8-20,24H2,1-2H3,(H,46,48,50)(H,49,59,60)/t26?,27-,30-,31-,34?/m1/s1. The van der Waals surface area contributed by atoms with E-state index in [4.69, 9.17) is 4.98 Å². The van der Waals surface area contributed by atoms with Crippen molar-refractivity contribution in [2.45, 2.75) is 124 Å². The van der Waals surface area contributed by atoms with Crippen LogP contribution >= 0.6 is 0 Å². The quantitative estimate of drug-likeness (QED) is 0.184. The van der Waals surface area contributed by atoms with Crippen LogP contribution in [0.1, 0.15) is 82.2 Å². The number of alkyl halides is 1. The van der Waals surface area contributed by atoms with Crippen molar-refractivity contribution in [2.24, 2.45) is 7.05 Å². The van der Waals surface area contributed by atoms with E-state index in [-0.39, 0.29) is 72.1 Å². The van der Waals surface area contributed by atoms with Gasteiger partial charge in [-0.3, -0.25) is 43.3 Å². The van der Waals surface area contributed by atoms with Crippen molar-refractivity contribution in [1.82, 2.24) is 43.4 Å². The number of rotatable bonds is 11. The van der Waals surface area contributed by atoms with E-state index in [9.17, 15) is 32.7 Å². The highest BCUT2D eigenvalue weighted by Gasteiger charge is 2.61. The molecule has 3 aromatic heterocycles. The maximum absolute atomic E-state index is 16.2. The summed E-state index contributed by atoms with van der Waals surface area (Å²) in [7, 11) is -0.640. The summed E-state index contributed by atoms with van der Waals surface area (Å²) in [5.41, 5.74) is 0.0727. The van der Waals surface area contributed by atoms with Crippen LogP contribution < -0.4 is 26.1 Å². The van der Waals surface area contributed by atoms with Gasteiger partial charge in [-0.15, -0.1) is 0 Å². The van der Waals surface area contributed by atoms with Crippen molar-refractivity contribution in [3.63, 3.8) is 0 Å². The van der Waals surface area contributed by atoms with E-state index in [0.717, 1.165) is 42.2 Å². The van der Waals surface area contributed by atoms with Crippen LogP contribution in [-0.2, 0) is 43.4 Å². The predicted octanol–water partition coefficient (Wildman–Crippen LogP) is 1.94. The Hall–Kier alpha value is -5.32. The number of aliphatic hydroxyl groups excluding tert-OH is 1. The maximum atomic E-state index is 16.2. The molecule has 4 aliphatic heterocycles. The van der Waals surface area contributed by atoms with Gasteiger partial charge in [-0.1, -0.05) is 0 Å². The van der Waals surface area contributed by atoms with Gasteiger partial charge >= 0.3 is 5.69 Å². The second-order valence-electron chi connectivity index (χ2n) is 18.7. The molecule has 2 saturated carbocycles. The average Bonchev–Trinajstić information content (AvgIpc) is 3.78. The molecule has 5 atom stereocenters. The van der Waals surface area contributed by atoms with Crippen LogP contribution in [-0.4, -0.2) is 140 Å². The smallest absolute Gasteiger partial charge is 0.329 e. The lowest BCUT2D eigenvalue weighted by Crippen LogP contribution is -2.52. The van der Waals surface area contributed by atoms with Gasteiger partial charge in [0, 0.05) is 75.7 Å². The number of benzene rings is 1. The Labute approximate surface area is 373 Å². The van der Waals surface area contributed by atoms with Gasteiger partial charge in [-0.25, -0.2) is 27.0 Å². The van der Waals surface area contributed by atoms with Gasteiger partial charge in [0.2, 0.25) is 33.7 Å². The Kier molecular flexibility index (Phi) is 11.1. The highest BCUT2D eigenvalue weighted by Crippen LogP contribution is 2.57. The average molecular weight is 921 g/mol. The van der Waals surface area contributed by atoms with Crippen LogP contribution in [0.25, 0.3) is 11.0 Å². The van der Waals surface area contributed by atoms with Crippen LogP contribution in [0.2, 0.25) is 0 Å². The third-order valence-electron chi connectivity index (χ3n) is 14.7. The Morgan fingerprint density at radius 2 is 1.82 bits per heavy atom. The highest BCUT2D eigenvalue weighted by molar-refractivity contribution is 7.89. The van der Waals surface area contributed by atoms with Gasteiger partial charge in [0.05, 0.1) is 42.0 Å². The monoisotopic (exact) mass is 920 g/mol. The van der Waals surface area contributed by atoms with E-state index < -0.39 is 63.1 Å². The Morgan fingerprint density at radius 1 is 1.03 bits per heavy atom. The number of piperidine rings is 3. The summed E-state index contributed by atoms with van der Waals surface area (Å²) >= 11 is 0. The van der Waals surface area contributed by atoms with Crippen molar-refractivity contribution < 1.29 is 36.7 Å². The minimum absolute atomic E-state index is 0.00850. The third-order valence-corrected chi connectivity index (χ3v) is 16.5. The van der Waals surface area contributed by atoms with Gasteiger partial charge in [0.15, 0.2) is 5.82 Å². The van der Waals surface area contributed by atoms with Gasteiger partial charge in [0.25, 0.3) is 0 Å². The Morgan fingerprint density at radius 3 is 2.54 bits per heavy atom. The molecule has 3 saturated heterocycles. The molecule has 2 aliphatic carbocycles. The number of amides is 3. The summed E-state index contributed by atoms with van der Waals surface area (Å²) in [4.78, 5) is 65.9. The molecule has 5 fully saturated rings. The van der Waals surface area contributed by atoms with E-state index in [1.54, 1.807) is 29.1 Å². The summed E-state index contributed by atoms with van der Waals surface area (Å²) in [6.45, 7) is 1.47. The van der Waals surface area contributed by atoms with Crippen LogP contribution in [0, 0.1) is 5.82 Å². The molecule has 0 radical (unpaired) electrons. The lowest BCUT2D eigenvalue weighted by molar-refractivity contribution is -0.135. The molecule has 19 nitrogen and oxygen atoms in total. The first-order valence-electron chi connectivity index (χ1n) is 22.7. The number of nitrogens with one attached hydrogen (secondary N) is 2. The van der Waals surface area contributed by atoms with Gasteiger partial charge in [-0.2, -0.15) is 14.4 Å². The fourth-order valence-electron chi connectivity index (χ4n) is 10.8. The molecule has 1 spiro atoms. The number of carbonyl (C=O) groups is 3. The molecule has 3 amide bonds. The molecule has 22 heteroatoms. The van der Waals surface area contributed by atoms with Crippen molar-refractivity contribution in [3.8, 4) is 0 Å². The first-order chi connectivity index (χ1) is 31.1. The Balaban J connectivity index is 0.725. The molecule has 6 aliphatic rings. The number of anilines is 3. The van der Waals surface area contributed by atoms with Crippen molar-refractivity contribution in [1.29, 1.82) is 0 Å². The first kappa shape index (κ1) is 43.6. The lowest BCUT2D eigenvalue weighted by atomic mass is 9.92. The molecular formula is C43H54F2N12O7S. The molecule has 0 bridgehead atoms. The second-order valence-corrected chi connectivity index (χ2v) is 20.6. The van der Waals surface area contributed by atoms with Crippen LogP contribution in [0.5, 0.6) is 0 Å². The van der Waals surface area contributed by atoms with E-state index in [0.29, 0.717) is 57.1 Å². The minimum atomic E-state index is -3.85. The number of carbonyl (C=O) groups excluding carboxylic acids is 3. The number of nitrogens with zero attached hydrogens (tertiary/aromatic N) is 10. The number of sulfonamides is 1. The number of likely N-dealkylation sites (N-methyl/N-ethyl adjacent to an activating group) is 1. The van der Waals surface area contributed by atoms with Crippen LogP contribution in [0.15, 0.2) is 40.4 Å². The lowest BCUT2D eigenvalue weighted by Gasteiger charge is -2.40. The normalized spacial score (nSPS) is 26.4.